The second kappa shape index (κ2) is 11.6. The lowest BCUT2D eigenvalue weighted by Crippen LogP contribution is -2.59. The minimum absolute atomic E-state index is 0.0813. The molecule has 10 nitrogen and oxygen atoms in total. The first-order valence-corrected chi connectivity index (χ1v) is 13.3. The lowest BCUT2D eigenvalue weighted by atomic mass is 9.79. The van der Waals surface area contributed by atoms with Gasteiger partial charge in [-0.05, 0) is 53.6 Å². The van der Waals surface area contributed by atoms with E-state index in [0.29, 0.717) is 13.0 Å². The quantitative estimate of drug-likeness (QED) is 0.497. The number of aliphatic hydroxyl groups is 3. The standard InChI is InChI=1S/C26H47N3O7/c1-15-13-19(27(5)6)22(32)25(35-15)36-23-16(2)21(31)17(3)24(33)29-11-8-9-18(29)14-20(30)28(7)12-10-26(23,4)34/h15-19,21-23,25,31-32,34H,8-14H2,1-7H3/t15-,16+,17-,18+,19+,21+,22-,23-,25+,26-/m1/s1. The average Bonchev–Trinajstić information content (AvgIpc) is 3.27. The summed E-state index contributed by atoms with van der Waals surface area (Å²) in [6.07, 6.45) is -1.58. The van der Waals surface area contributed by atoms with Gasteiger partial charge in [0.25, 0.3) is 0 Å². The van der Waals surface area contributed by atoms with E-state index >= 15 is 0 Å². The molecule has 0 aliphatic carbocycles. The number of hydrogen-bond donors (Lipinski definition) is 3. The Balaban J connectivity index is 1.93. The maximum atomic E-state index is 13.4. The van der Waals surface area contributed by atoms with Crippen LogP contribution in [0.4, 0.5) is 0 Å². The van der Waals surface area contributed by atoms with Crippen LogP contribution in [0.25, 0.3) is 0 Å². The molecule has 36 heavy (non-hydrogen) atoms. The van der Waals surface area contributed by atoms with Gasteiger partial charge in [-0.25, -0.2) is 0 Å². The van der Waals surface area contributed by atoms with Gasteiger partial charge in [0.2, 0.25) is 11.8 Å². The fourth-order valence-corrected chi connectivity index (χ4v) is 6.03. The van der Waals surface area contributed by atoms with E-state index < -0.39 is 42.0 Å². The van der Waals surface area contributed by atoms with E-state index in [1.54, 1.807) is 37.6 Å². The van der Waals surface area contributed by atoms with Crippen molar-refractivity contribution in [1.29, 1.82) is 0 Å². The summed E-state index contributed by atoms with van der Waals surface area (Å²) in [6.45, 7) is 7.82. The fraction of sp³-hybridized carbons (Fsp3) is 0.923. The molecular formula is C26H47N3O7. The number of rotatable bonds is 3. The summed E-state index contributed by atoms with van der Waals surface area (Å²) in [7, 11) is 5.47. The predicted octanol–water partition coefficient (Wildman–Crippen LogP) is 0.425. The molecule has 0 bridgehead atoms. The van der Waals surface area contributed by atoms with E-state index in [0.717, 1.165) is 12.8 Å². The zero-order valence-electron chi connectivity index (χ0n) is 23.0. The summed E-state index contributed by atoms with van der Waals surface area (Å²) < 4.78 is 12.3. The third kappa shape index (κ3) is 6.22. The van der Waals surface area contributed by atoms with Gasteiger partial charge >= 0.3 is 0 Å². The van der Waals surface area contributed by atoms with Crippen molar-refractivity contribution in [3.63, 3.8) is 0 Å². The Morgan fingerprint density at radius 1 is 1.11 bits per heavy atom. The van der Waals surface area contributed by atoms with Crippen molar-refractivity contribution in [3.05, 3.63) is 0 Å². The number of amides is 2. The van der Waals surface area contributed by atoms with Crippen molar-refractivity contribution in [2.45, 2.75) is 108 Å². The topological polar surface area (TPSA) is 123 Å². The van der Waals surface area contributed by atoms with Gasteiger partial charge in [-0.1, -0.05) is 13.8 Å². The zero-order chi connectivity index (χ0) is 26.9. The van der Waals surface area contributed by atoms with Crippen molar-refractivity contribution < 1.29 is 34.4 Å². The minimum Gasteiger partial charge on any atom is -0.392 e. The molecule has 0 aromatic carbocycles. The molecule has 0 aromatic heterocycles. The second-order valence-electron chi connectivity index (χ2n) is 11.7. The summed E-state index contributed by atoms with van der Waals surface area (Å²) in [5.41, 5.74) is -1.47. The smallest absolute Gasteiger partial charge is 0.228 e. The number of carbonyl (C=O) groups excluding carboxylic acids is 2. The molecule has 3 fully saturated rings. The fourth-order valence-electron chi connectivity index (χ4n) is 6.03. The van der Waals surface area contributed by atoms with Crippen molar-refractivity contribution in [2.75, 3.05) is 34.2 Å². The molecule has 3 aliphatic rings. The highest BCUT2D eigenvalue weighted by Gasteiger charge is 2.48. The number of carbonyl (C=O) groups is 2. The Morgan fingerprint density at radius 2 is 1.78 bits per heavy atom. The molecule has 3 saturated heterocycles. The van der Waals surface area contributed by atoms with Gasteiger partial charge in [0.05, 0.1) is 29.8 Å². The molecule has 3 aliphatic heterocycles. The Morgan fingerprint density at radius 3 is 2.42 bits per heavy atom. The van der Waals surface area contributed by atoms with Gasteiger partial charge in [-0.15, -0.1) is 0 Å². The summed E-state index contributed by atoms with van der Waals surface area (Å²) >= 11 is 0. The Labute approximate surface area is 215 Å². The first-order valence-electron chi connectivity index (χ1n) is 13.3. The number of aliphatic hydroxyl groups excluding tert-OH is 2. The normalized spacial score (nSPS) is 43.7. The van der Waals surface area contributed by atoms with Crippen LogP contribution in [0.5, 0.6) is 0 Å². The van der Waals surface area contributed by atoms with Crippen LogP contribution in [0, 0.1) is 11.8 Å². The van der Waals surface area contributed by atoms with Gasteiger partial charge < -0.3 is 39.5 Å². The molecule has 0 radical (unpaired) electrons. The Hall–Kier alpha value is -1.30. The molecule has 3 heterocycles. The van der Waals surface area contributed by atoms with Crippen molar-refractivity contribution >= 4 is 11.8 Å². The lowest BCUT2D eigenvalue weighted by molar-refractivity contribution is -0.298. The lowest BCUT2D eigenvalue weighted by Gasteiger charge is -2.46. The molecule has 10 atom stereocenters. The van der Waals surface area contributed by atoms with Gasteiger partial charge in [0.1, 0.15) is 6.10 Å². The van der Waals surface area contributed by atoms with Gasteiger partial charge in [-0.3, -0.25) is 9.59 Å². The van der Waals surface area contributed by atoms with Crippen LogP contribution in [0.2, 0.25) is 0 Å². The Bertz CT molecular complexity index is 779. The number of hydrogen-bond acceptors (Lipinski definition) is 8. The van der Waals surface area contributed by atoms with Crippen LogP contribution in [0.15, 0.2) is 0 Å². The highest BCUT2D eigenvalue weighted by atomic mass is 16.7. The van der Waals surface area contributed by atoms with Crippen LogP contribution in [0.3, 0.4) is 0 Å². The van der Waals surface area contributed by atoms with Crippen LogP contribution >= 0.6 is 0 Å². The van der Waals surface area contributed by atoms with E-state index in [9.17, 15) is 24.9 Å². The molecule has 0 spiro atoms. The highest BCUT2D eigenvalue weighted by Crippen LogP contribution is 2.35. The first kappa shape index (κ1) is 29.3. The summed E-state index contributed by atoms with van der Waals surface area (Å²) in [6, 6.07) is -0.379. The SMILES string of the molecule is C[C@H]1[C@H](O)[C@@H](C)C(=O)N2CCC[C@H]2CC(=O)N(C)CC[C@@](C)(O)[C@@H]1O[C@@H]1O[C@H](C)C[C@H](N(C)C)[C@H]1O. The largest absolute Gasteiger partial charge is 0.392 e. The maximum absolute atomic E-state index is 13.4. The molecule has 3 N–H and O–H groups in total. The molecule has 3 rings (SSSR count). The third-order valence-corrected chi connectivity index (χ3v) is 8.54. The predicted molar refractivity (Wildman–Crippen MR) is 134 cm³/mol. The summed E-state index contributed by atoms with van der Waals surface area (Å²) in [4.78, 5) is 31.6. The monoisotopic (exact) mass is 513 g/mol. The number of fused-ring (bicyclic) bond motifs is 1. The van der Waals surface area contributed by atoms with E-state index in [-0.39, 0.29) is 49.4 Å². The number of ether oxygens (including phenoxy) is 2. The van der Waals surface area contributed by atoms with Crippen molar-refractivity contribution in [3.8, 4) is 0 Å². The van der Waals surface area contributed by atoms with E-state index in [2.05, 4.69) is 0 Å². The van der Waals surface area contributed by atoms with Crippen LogP contribution in [-0.2, 0) is 19.1 Å². The Kier molecular flexibility index (Phi) is 9.44. The molecule has 0 saturated carbocycles. The maximum Gasteiger partial charge on any atom is 0.228 e. The van der Waals surface area contributed by atoms with Crippen LogP contribution < -0.4 is 0 Å². The van der Waals surface area contributed by atoms with E-state index in [1.807, 2.05) is 25.9 Å². The van der Waals surface area contributed by atoms with Gasteiger partial charge in [0, 0.05) is 44.6 Å². The number of likely N-dealkylation sites (N-methyl/N-ethyl adjacent to an activating group) is 1. The van der Waals surface area contributed by atoms with Crippen molar-refractivity contribution in [1.82, 2.24) is 14.7 Å². The van der Waals surface area contributed by atoms with E-state index in [1.165, 1.54) is 0 Å². The third-order valence-electron chi connectivity index (χ3n) is 8.54. The molecule has 0 unspecified atom stereocenters. The van der Waals surface area contributed by atoms with Gasteiger partial charge in [0.15, 0.2) is 6.29 Å². The van der Waals surface area contributed by atoms with Crippen molar-refractivity contribution in [2.24, 2.45) is 11.8 Å². The molecule has 10 heteroatoms. The highest BCUT2D eigenvalue weighted by molar-refractivity contribution is 5.82. The first-order chi connectivity index (χ1) is 16.7. The van der Waals surface area contributed by atoms with Crippen LogP contribution in [0.1, 0.15) is 59.8 Å². The zero-order valence-corrected chi connectivity index (χ0v) is 23.0. The molecule has 208 valence electrons. The molecule has 0 aromatic rings. The van der Waals surface area contributed by atoms with Gasteiger partial charge in [-0.2, -0.15) is 0 Å². The molecule has 2 amide bonds. The average molecular weight is 514 g/mol. The van der Waals surface area contributed by atoms with E-state index in [4.69, 9.17) is 9.47 Å². The summed E-state index contributed by atoms with van der Waals surface area (Å²) in [5.74, 6) is -1.68. The number of nitrogens with zero attached hydrogens (tertiary/aromatic N) is 3. The molecular weight excluding hydrogens is 466 g/mol. The van der Waals surface area contributed by atoms with Crippen LogP contribution in [-0.4, -0.2) is 124 Å². The minimum atomic E-state index is -1.47. The summed E-state index contributed by atoms with van der Waals surface area (Å²) in [5, 5.41) is 34.0. The second-order valence-corrected chi connectivity index (χ2v) is 11.7.